The van der Waals surface area contributed by atoms with Crippen molar-refractivity contribution in [1.29, 1.82) is 0 Å². The van der Waals surface area contributed by atoms with Gasteiger partial charge in [0.2, 0.25) is 11.8 Å². The Labute approximate surface area is 130 Å². The van der Waals surface area contributed by atoms with Crippen LogP contribution in [0.25, 0.3) is 0 Å². The van der Waals surface area contributed by atoms with Crippen LogP contribution in [0.1, 0.15) is 24.9 Å². The lowest BCUT2D eigenvalue weighted by Gasteiger charge is -2.42. The smallest absolute Gasteiger partial charge is 0.246 e. The average molecular weight is 307 g/mol. The largest absolute Gasteiger partial charge is 0.334 e. The lowest BCUT2D eigenvalue weighted by Crippen LogP contribution is -2.50. The summed E-state index contributed by atoms with van der Waals surface area (Å²) >= 11 is 5.88. The quantitative estimate of drug-likeness (QED) is 0.785. The van der Waals surface area contributed by atoms with E-state index in [9.17, 15) is 9.59 Å². The minimum atomic E-state index is -0.214. The maximum atomic E-state index is 12.3. The van der Waals surface area contributed by atoms with Crippen molar-refractivity contribution < 1.29 is 9.59 Å². The minimum Gasteiger partial charge on any atom is -0.334 e. The summed E-state index contributed by atoms with van der Waals surface area (Å²) in [6.45, 7) is 6.63. The Morgan fingerprint density at radius 1 is 1.43 bits per heavy atom. The summed E-state index contributed by atoms with van der Waals surface area (Å²) in [5, 5.41) is 0.685. The predicted octanol–water partition coefficient (Wildman–Crippen LogP) is 2.65. The SMILES string of the molecule is C=CC(=O)N(CC)CC(=O)N1CCC1c1ccc(Cl)cc1. The highest BCUT2D eigenvalue weighted by Gasteiger charge is 2.33. The van der Waals surface area contributed by atoms with E-state index in [0.717, 1.165) is 18.5 Å². The van der Waals surface area contributed by atoms with Gasteiger partial charge in [-0.3, -0.25) is 9.59 Å². The summed E-state index contributed by atoms with van der Waals surface area (Å²) in [5.74, 6) is -0.243. The van der Waals surface area contributed by atoms with Crippen LogP contribution in [0.3, 0.4) is 0 Å². The second-order valence-corrected chi connectivity index (χ2v) is 5.44. The molecule has 0 bridgehead atoms. The molecule has 0 spiro atoms. The first kappa shape index (κ1) is 15.6. The van der Waals surface area contributed by atoms with Gasteiger partial charge in [-0.2, -0.15) is 0 Å². The normalized spacial score (nSPS) is 17.0. The van der Waals surface area contributed by atoms with Crippen LogP contribution in [0.2, 0.25) is 5.02 Å². The highest BCUT2D eigenvalue weighted by molar-refractivity contribution is 6.30. The highest BCUT2D eigenvalue weighted by Crippen LogP contribution is 2.33. The number of nitrogens with zero attached hydrogens (tertiary/aromatic N) is 2. The Morgan fingerprint density at radius 3 is 2.57 bits per heavy atom. The van der Waals surface area contributed by atoms with E-state index in [1.807, 2.05) is 36.1 Å². The number of amides is 2. The Balaban J connectivity index is 2.01. The number of likely N-dealkylation sites (tertiary alicyclic amines) is 1. The molecule has 1 atom stereocenters. The van der Waals surface area contributed by atoms with Crippen molar-refractivity contribution in [2.75, 3.05) is 19.6 Å². The van der Waals surface area contributed by atoms with Gasteiger partial charge < -0.3 is 9.80 Å². The van der Waals surface area contributed by atoms with Crippen molar-refractivity contribution >= 4 is 23.4 Å². The van der Waals surface area contributed by atoms with Crippen LogP contribution in [-0.4, -0.2) is 41.2 Å². The van der Waals surface area contributed by atoms with E-state index in [4.69, 9.17) is 11.6 Å². The van der Waals surface area contributed by atoms with E-state index in [-0.39, 0.29) is 24.4 Å². The molecule has 1 saturated heterocycles. The summed E-state index contributed by atoms with van der Waals surface area (Å²) < 4.78 is 0. The van der Waals surface area contributed by atoms with E-state index in [0.29, 0.717) is 11.6 Å². The average Bonchev–Trinajstić information content (AvgIpc) is 2.45. The second-order valence-electron chi connectivity index (χ2n) is 5.00. The molecule has 1 aliphatic rings. The summed E-state index contributed by atoms with van der Waals surface area (Å²) in [7, 11) is 0. The molecule has 112 valence electrons. The van der Waals surface area contributed by atoms with Crippen LogP contribution < -0.4 is 0 Å². The van der Waals surface area contributed by atoms with Crippen molar-refractivity contribution in [1.82, 2.24) is 9.80 Å². The van der Waals surface area contributed by atoms with Crippen LogP contribution in [-0.2, 0) is 9.59 Å². The molecule has 1 fully saturated rings. The number of likely N-dealkylation sites (N-methyl/N-ethyl adjacent to an activating group) is 1. The fourth-order valence-electron chi connectivity index (χ4n) is 2.45. The van der Waals surface area contributed by atoms with Crippen molar-refractivity contribution in [3.63, 3.8) is 0 Å². The Bertz CT molecular complexity index is 542. The van der Waals surface area contributed by atoms with Crippen molar-refractivity contribution in [2.24, 2.45) is 0 Å². The van der Waals surface area contributed by atoms with Gasteiger partial charge in [0.1, 0.15) is 6.54 Å². The zero-order valence-electron chi connectivity index (χ0n) is 12.1. The van der Waals surface area contributed by atoms with Gasteiger partial charge in [-0.05, 0) is 37.1 Å². The fourth-order valence-corrected chi connectivity index (χ4v) is 2.57. The van der Waals surface area contributed by atoms with E-state index in [1.165, 1.54) is 11.0 Å². The molecular formula is C16H19ClN2O2. The molecule has 0 saturated carbocycles. The number of benzene rings is 1. The molecule has 1 aromatic rings. The molecule has 1 unspecified atom stereocenters. The van der Waals surface area contributed by atoms with E-state index in [2.05, 4.69) is 6.58 Å². The van der Waals surface area contributed by atoms with Gasteiger partial charge in [-0.25, -0.2) is 0 Å². The zero-order chi connectivity index (χ0) is 15.4. The topological polar surface area (TPSA) is 40.6 Å². The lowest BCUT2D eigenvalue weighted by atomic mass is 9.94. The molecule has 2 amide bonds. The second kappa shape index (κ2) is 6.76. The van der Waals surface area contributed by atoms with E-state index in [1.54, 1.807) is 0 Å². The monoisotopic (exact) mass is 306 g/mol. The zero-order valence-corrected chi connectivity index (χ0v) is 12.8. The Hall–Kier alpha value is -1.81. The van der Waals surface area contributed by atoms with Gasteiger partial charge >= 0.3 is 0 Å². The summed E-state index contributed by atoms with van der Waals surface area (Å²) in [6.07, 6.45) is 2.18. The van der Waals surface area contributed by atoms with Crippen LogP contribution in [0.5, 0.6) is 0 Å². The molecule has 0 aromatic heterocycles. The van der Waals surface area contributed by atoms with Crippen molar-refractivity contribution in [2.45, 2.75) is 19.4 Å². The summed E-state index contributed by atoms with van der Waals surface area (Å²) in [4.78, 5) is 27.3. The van der Waals surface area contributed by atoms with Gasteiger partial charge in [-0.1, -0.05) is 30.3 Å². The highest BCUT2D eigenvalue weighted by atomic mass is 35.5. The molecule has 0 radical (unpaired) electrons. The van der Waals surface area contributed by atoms with Gasteiger partial charge in [-0.15, -0.1) is 0 Å². The van der Waals surface area contributed by atoms with E-state index >= 15 is 0 Å². The van der Waals surface area contributed by atoms with Crippen LogP contribution >= 0.6 is 11.6 Å². The van der Waals surface area contributed by atoms with Gasteiger partial charge in [0, 0.05) is 18.1 Å². The van der Waals surface area contributed by atoms with E-state index < -0.39 is 0 Å². The number of carbonyl (C=O) groups is 2. The van der Waals surface area contributed by atoms with Crippen molar-refractivity contribution in [3.8, 4) is 0 Å². The first-order valence-corrected chi connectivity index (χ1v) is 7.41. The number of hydrogen-bond acceptors (Lipinski definition) is 2. The summed E-state index contributed by atoms with van der Waals surface area (Å²) in [5.41, 5.74) is 1.08. The molecule has 0 aliphatic carbocycles. The lowest BCUT2D eigenvalue weighted by molar-refractivity contribution is -0.144. The number of halogens is 1. The van der Waals surface area contributed by atoms with Gasteiger partial charge in [0.15, 0.2) is 0 Å². The third-order valence-corrected chi connectivity index (χ3v) is 4.04. The standard InChI is InChI=1S/C16H19ClN2O2/c1-3-15(20)18(4-2)11-16(21)19-10-9-14(19)12-5-7-13(17)8-6-12/h3,5-8,14H,1,4,9-11H2,2H3. The van der Waals surface area contributed by atoms with Crippen LogP contribution in [0.15, 0.2) is 36.9 Å². The first-order chi connectivity index (χ1) is 10.1. The number of hydrogen-bond donors (Lipinski definition) is 0. The van der Waals surface area contributed by atoms with Gasteiger partial charge in [0.05, 0.1) is 6.04 Å². The molecule has 1 aliphatic heterocycles. The molecule has 5 heteroatoms. The summed E-state index contributed by atoms with van der Waals surface area (Å²) in [6, 6.07) is 7.64. The van der Waals surface area contributed by atoms with Crippen LogP contribution in [0, 0.1) is 0 Å². The number of rotatable bonds is 5. The first-order valence-electron chi connectivity index (χ1n) is 7.03. The molecule has 1 aromatic carbocycles. The number of carbonyl (C=O) groups excluding carboxylic acids is 2. The molecule has 4 nitrogen and oxygen atoms in total. The maximum absolute atomic E-state index is 12.3. The molecule has 0 N–H and O–H groups in total. The molecule has 1 heterocycles. The fraction of sp³-hybridized carbons (Fsp3) is 0.375. The molecule has 21 heavy (non-hydrogen) atoms. The molecule has 2 rings (SSSR count). The Kier molecular flexibility index (Phi) is 5.02. The third kappa shape index (κ3) is 3.45. The maximum Gasteiger partial charge on any atom is 0.246 e. The third-order valence-electron chi connectivity index (χ3n) is 3.79. The van der Waals surface area contributed by atoms with Crippen molar-refractivity contribution in [3.05, 3.63) is 47.5 Å². The minimum absolute atomic E-state index is 0.0294. The van der Waals surface area contributed by atoms with Crippen LogP contribution in [0.4, 0.5) is 0 Å². The predicted molar refractivity (Wildman–Crippen MR) is 83.0 cm³/mol. The van der Waals surface area contributed by atoms with Gasteiger partial charge in [0.25, 0.3) is 0 Å². The molecular weight excluding hydrogens is 288 g/mol. The Morgan fingerprint density at radius 2 is 2.10 bits per heavy atom.